The molecule has 0 saturated heterocycles. The lowest BCUT2D eigenvalue weighted by Crippen LogP contribution is -2.43. The first-order valence-electron chi connectivity index (χ1n) is 17.4. The molecule has 0 fully saturated rings. The van der Waals surface area contributed by atoms with Crippen LogP contribution in [0.1, 0.15) is 114 Å². The number of carbonyl (C=O) groups is 2. The summed E-state index contributed by atoms with van der Waals surface area (Å²) in [7, 11) is 1.68. The summed E-state index contributed by atoms with van der Waals surface area (Å²) < 4.78 is 7.61. The Morgan fingerprint density at radius 1 is 0.667 bits per heavy atom. The topological polar surface area (TPSA) is 54.8 Å². The van der Waals surface area contributed by atoms with Crippen LogP contribution < -0.4 is 4.74 Å². The summed E-state index contributed by atoms with van der Waals surface area (Å²) in [5, 5.41) is 0. The minimum absolute atomic E-state index is 0.00934. The molecule has 0 atom stereocenters. The lowest BCUT2D eigenvalue weighted by Gasteiger charge is -2.28. The van der Waals surface area contributed by atoms with Crippen LogP contribution in [0.4, 0.5) is 0 Å². The van der Waals surface area contributed by atoms with Gasteiger partial charge in [-0.2, -0.15) is 0 Å². The average molecular weight is 616 g/mol. The van der Waals surface area contributed by atoms with Gasteiger partial charge < -0.3 is 19.1 Å². The summed E-state index contributed by atoms with van der Waals surface area (Å²) >= 11 is 0. The van der Waals surface area contributed by atoms with E-state index in [1.165, 1.54) is 44.9 Å². The average Bonchev–Trinajstić information content (AvgIpc) is 3.49. The summed E-state index contributed by atoms with van der Waals surface area (Å²) in [6.45, 7) is 6.85. The second kappa shape index (κ2) is 21.2. The van der Waals surface area contributed by atoms with Crippen LogP contribution in [0, 0.1) is 0 Å². The van der Waals surface area contributed by atoms with Crippen molar-refractivity contribution in [3.63, 3.8) is 0 Å². The quantitative estimate of drug-likeness (QED) is 0.100. The molecule has 0 spiro atoms. The maximum absolute atomic E-state index is 14.0. The van der Waals surface area contributed by atoms with Gasteiger partial charge in [0.2, 0.25) is 11.8 Å². The van der Waals surface area contributed by atoms with Crippen molar-refractivity contribution in [3.8, 4) is 5.75 Å². The molecule has 3 rings (SSSR count). The predicted octanol–water partition coefficient (Wildman–Crippen LogP) is 9.01. The predicted molar refractivity (Wildman–Crippen MR) is 185 cm³/mol. The Kier molecular flexibility index (Phi) is 17.0. The molecule has 246 valence electrons. The van der Waals surface area contributed by atoms with Crippen LogP contribution in [0.15, 0.2) is 72.9 Å². The second-order valence-corrected chi connectivity index (χ2v) is 12.3. The zero-order chi connectivity index (χ0) is 32.1. The fraction of sp³-hybridized carbons (Fsp3) is 0.538. The SMILES string of the molecule is CCCCCCCCCCCC(=O)N(CCCCC)CC(=O)N(Cc1ccccc1)Cc1cccn1Cc1cccc(OC)c1. The molecule has 0 unspecified atom stereocenters. The summed E-state index contributed by atoms with van der Waals surface area (Å²) in [4.78, 5) is 31.2. The number of ether oxygens (including phenoxy) is 1. The van der Waals surface area contributed by atoms with Gasteiger partial charge in [-0.1, -0.05) is 121 Å². The molecule has 0 aliphatic rings. The maximum atomic E-state index is 14.0. The standard InChI is InChI=1S/C39H57N3O3/c1-4-6-8-9-10-11-12-13-17-26-38(43)41(27-18-7-5-2)33-39(44)42(30-34-21-15-14-16-22-34)32-36-24-20-28-40(36)31-35-23-19-25-37(29-35)45-3/h14-16,19-25,28-29H,4-13,17-18,26-27,30-33H2,1-3H3. The molecule has 0 N–H and O–H groups in total. The molecule has 0 radical (unpaired) electrons. The molecule has 6 nitrogen and oxygen atoms in total. The third-order valence-electron chi connectivity index (χ3n) is 8.54. The third kappa shape index (κ3) is 13.5. The highest BCUT2D eigenvalue weighted by atomic mass is 16.5. The van der Waals surface area contributed by atoms with Gasteiger partial charge >= 0.3 is 0 Å². The molecule has 0 saturated carbocycles. The number of methoxy groups -OCH3 is 1. The Labute approximate surface area is 272 Å². The van der Waals surface area contributed by atoms with Crippen LogP contribution in [0.3, 0.4) is 0 Å². The first-order chi connectivity index (χ1) is 22.0. The lowest BCUT2D eigenvalue weighted by atomic mass is 10.1. The molecule has 3 aromatic rings. The number of benzene rings is 2. The number of rotatable bonds is 23. The van der Waals surface area contributed by atoms with E-state index in [-0.39, 0.29) is 18.4 Å². The fourth-order valence-corrected chi connectivity index (χ4v) is 5.80. The third-order valence-corrected chi connectivity index (χ3v) is 8.54. The highest BCUT2D eigenvalue weighted by molar-refractivity contribution is 5.84. The minimum Gasteiger partial charge on any atom is -0.497 e. The largest absolute Gasteiger partial charge is 0.497 e. The highest BCUT2D eigenvalue weighted by Crippen LogP contribution is 2.18. The maximum Gasteiger partial charge on any atom is 0.242 e. The Hall–Kier alpha value is -3.54. The van der Waals surface area contributed by atoms with Crippen LogP contribution in [-0.2, 0) is 29.2 Å². The van der Waals surface area contributed by atoms with Crippen LogP contribution in [-0.4, -0.2) is 46.4 Å². The molecule has 0 aliphatic heterocycles. The summed E-state index contributed by atoms with van der Waals surface area (Å²) in [5.41, 5.74) is 3.27. The van der Waals surface area contributed by atoms with Crippen LogP contribution >= 0.6 is 0 Å². The summed E-state index contributed by atoms with van der Waals surface area (Å²) in [5.74, 6) is 0.936. The number of amides is 2. The Bertz CT molecular complexity index is 1240. The van der Waals surface area contributed by atoms with Crippen molar-refractivity contribution in [2.75, 3.05) is 20.2 Å². The number of carbonyl (C=O) groups excluding carboxylic acids is 2. The molecule has 2 aromatic carbocycles. The second-order valence-electron chi connectivity index (χ2n) is 12.3. The van der Waals surface area contributed by atoms with Crippen LogP contribution in [0.25, 0.3) is 0 Å². The van der Waals surface area contributed by atoms with Crippen molar-refractivity contribution >= 4 is 11.8 Å². The van der Waals surface area contributed by atoms with E-state index in [2.05, 4.69) is 48.9 Å². The van der Waals surface area contributed by atoms with Gasteiger partial charge in [-0.15, -0.1) is 0 Å². The fourth-order valence-electron chi connectivity index (χ4n) is 5.80. The van der Waals surface area contributed by atoms with E-state index in [9.17, 15) is 9.59 Å². The summed E-state index contributed by atoms with van der Waals surface area (Å²) in [6, 6.07) is 22.3. The van der Waals surface area contributed by atoms with E-state index in [4.69, 9.17) is 4.74 Å². The minimum atomic E-state index is -0.00934. The number of hydrogen-bond donors (Lipinski definition) is 0. The van der Waals surface area contributed by atoms with Crippen LogP contribution in [0.5, 0.6) is 5.75 Å². The van der Waals surface area contributed by atoms with Gasteiger partial charge in [-0.3, -0.25) is 9.59 Å². The van der Waals surface area contributed by atoms with Crippen molar-refractivity contribution in [2.45, 2.75) is 117 Å². The van der Waals surface area contributed by atoms with Gasteiger partial charge in [-0.05, 0) is 48.2 Å². The zero-order valence-electron chi connectivity index (χ0n) is 28.2. The van der Waals surface area contributed by atoms with Crippen molar-refractivity contribution in [1.82, 2.24) is 14.4 Å². The van der Waals surface area contributed by atoms with Crippen molar-refractivity contribution in [1.29, 1.82) is 0 Å². The lowest BCUT2D eigenvalue weighted by molar-refractivity contribution is -0.141. The van der Waals surface area contributed by atoms with Crippen molar-refractivity contribution < 1.29 is 14.3 Å². The molecule has 0 bridgehead atoms. The van der Waals surface area contributed by atoms with E-state index < -0.39 is 0 Å². The number of nitrogens with zero attached hydrogens (tertiary/aromatic N) is 3. The van der Waals surface area contributed by atoms with E-state index in [1.54, 1.807) is 7.11 Å². The Balaban J connectivity index is 1.65. The highest BCUT2D eigenvalue weighted by Gasteiger charge is 2.22. The van der Waals surface area contributed by atoms with Gasteiger partial charge in [0.1, 0.15) is 5.75 Å². The van der Waals surface area contributed by atoms with Gasteiger partial charge in [0, 0.05) is 37.9 Å². The molecule has 1 aromatic heterocycles. The molecule has 0 aliphatic carbocycles. The van der Waals surface area contributed by atoms with Crippen LogP contribution in [0.2, 0.25) is 0 Å². The molecule has 2 amide bonds. The zero-order valence-corrected chi connectivity index (χ0v) is 28.2. The number of unbranched alkanes of at least 4 members (excludes halogenated alkanes) is 10. The molecule has 45 heavy (non-hydrogen) atoms. The first-order valence-corrected chi connectivity index (χ1v) is 17.4. The molecular formula is C39H57N3O3. The van der Waals surface area contributed by atoms with E-state index in [0.29, 0.717) is 32.6 Å². The summed E-state index contributed by atoms with van der Waals surface area (Å²) in [6.07, 6.45) is 16.7. The van der Waals surface area contributed by atoms with Crippen molar-refractivity contribution in [2.24, 2.45) is 0 Å². The molecule has 6 heteroatoms. The Morgan fingerprint density at radius 3 is 2.04 bits per heavy atom. The van der Waals surface area contributed by atoms with Gasteiger partial charge in [0.25, 0.3) is 0 Å². The Morgan fingerprint density at radius 2 is 1.33 bits per heavy atom. The first kappa shape index (κ1) is 35.9. The van der Waals surface area contributed by atoms with E-state index >= 15 is 0 Å². The monoisotopic (exact) mass is 615 g/mol. The number of hydrogen-bond acceptors (Lipinski definition) is 3. The van der Waals surface area contributed by atoms with E-state index in [0.717, 1.165) is 54.7 Å². The smallest absolute Gasteiger partial charge is 0.242 e. The van der Waals surface area contributed by atoms with Gasteiger partial charge in [-0.25, -0.2) is 0 Å². The van der Waals surface area contributed by atoms with Crippen molar-refractivity contribution in [3.05, 3.63) is 89.7 Å². The molecular weight excluding hydrogens is 558 g/mol. The normalized spacial score (nSPS) is 11.0. The van der Waals surface area contributed by atoms with E-state index in [1.807, 2.05) is 52.3 Å². The van der Waals surface area contributed by atoms with Gasteiger partial charge in [0.15, 0.2) is 0 Å². The molecule has 1 heterocycles. The van der Waals surface area contributed by atoms with Gasteiger partial charge in [0.05, 0.1) is 20.2 Å². The number of aromatic nitrogens is 1.